The van der Waals surface area contributed by atoms with Crippen molar-refractivity contribution in [3.05, 3.63) is 35.5 Å². The molecule has 3 rings (SSSR count). The van der Waals surface area contributed by atoms with E-state index in [9.17, 15) is 9.90 Å². The van der Waals surface area contributed by atoms with E-state index in [-0.39, 0.29) is 0 Å². The highest BCUT2D eigenvalue weighted by Gasteiger charge is 2.24. The van der Waals surface area contributed by atoms with Gasteiger partial charge < -0.3 is 10.4 Å². The highest BCUT2D eigenvalue weighted by molar-refractivity contribution is 5.89. The molecule has 98 valence electrons. The number of para-hydroxylation sites is 1. The third-order valence-electron chi connectivity index (χ3n) is 3.75. The van der Waals surface area contributed by atoms with E-state index in [1.165, 1.54) is 0 Å². The van der Waals surface area contributed by atoms with Crippen molar-refractivity contribution in [1.82, 2.24) is 4.98 Å². The van der Waals surface area contributed by atoms with Gasteiger partial charge in [-0.2, -0.15) is 0 Å². The zero-order chi connectivity index (χ0) is 13.4. The fourth-order valence-electron chi connectivity index (χ4n) is 2.72. The summed E-state index contributed by atoms with van der Waals surface area (Å²) in [5.41, 5.74) is 3.96. The first-order valence-electron chi connectivity index (χ1n) is 6.54. The van der Waals surface area contributed by atoms with Crippen molar-refractivity contribution in [2.75, 3.05) is 5.32 Å². The van der Waals surface area contributed by atoms with E-state index in [0.29, 0.717) is 6.42 Å². The fraction of sp³-hybridized carbons (Fsp3) is 0.333. The molecule has 1 aliphatic rings. The smallest absolute Gasteiger partial charge is 0.326 e. The molecule has 4 nitrogen and oxygen atoms in total. The van der Waals surface area contributed by atoms with Crippen LogP contribution in [0.3, 0.4) is 0 Å². The number of fused-ring (bicyclic) bond motifs is 2. The summed E-state index contributed by atoms with van der Waals surface area (Å²) in [6, 6.07) is 7.48. The molecule has 2 N–H and O–H groups in total. The van der Waals surface area contributed by atoms with Crippen LogP contribution in [-0.4, -0.2) is 22.1 Å². The van der Waals surface area contributed by atoms with Gasteiger partial charge in [0.2, 0.25) is 0 Å². The van der Waals surface area contributed by atoms with Crippen molar-refractivity contribution in [3.63, 3.8) is 0 Å². The number of hydrogen-bond acceptors (Lipinski definition) is 3. The second kappa shape index (κ2) is 4.53. The number of benzene rings is 1. The summed E-state index contributed by atoms with van der Waals surface area (Å²) in [6.45, 7) is 2.03. The maximum Gasteiger partial charge on any atom is 0.326 e. The van der Waals surface area contributed by atoms with Crippen molar-refractivity contribution in [1.29, 1.82) is 0 Å². The van der Waals surface area contributed by atoms with Gasteiger partial charge in [0.15, 0.2) is 0 Å². The number of anilines is 1. The van der Waals surface area contributed by atoms with E-state index in [1.807, 2.05) is 31.2 Å². The summed E-state index contributed by atoms with van der Waals surface area (Å²) < 4.78 is 0. The lowest BCUT2D eigenvalue weighted by Gasteiger charge is -2.17. The van der Waals surface area contributed by atoms with Crippen molar-refractivity contribution in [2.45, 2.75) is 32.2 Å². The molecule has 0 radical (unpaired) electrons. The maximum atomic E-state index is 11.2. The minimum atomic E-state index is -0.791. The second-order valence-corrected chi connectivity index (χ2v) is 5.00. The largest absolute Gasteiger partial charge is 0.480 e. The van der Waals surface area contributed by atoms with Crippen LogP contribution >= 0.6 is 0 Å². The molecule has 2 heterocycles. The second-order valence-electron chi connectivity index (χ2n) is 5.00. The Balaban J connectivity index is 2.17. The summed E-state index contributed by atoms with van der Waals surface area (Å²) in [7, 11) is 0. The van der Waals surface area contributed by atoms with Crippen molar-refractivity contribution < 1.29 is 9.90 Å². The van der Waals surface area contributed by atoms with Crippen LogP contribution in [0.25, 0.3) is 10.9 Å². The van der Waals surface area contributed by atoms with Crippen LogP contribution < -0.4 is 5.32 Å². The molecule has 0 spiro atoms. The molecule has 1 atom stereocenters. The number of nitrogens with one attached hydrogen (secondary N) is 1. The molecular formula is C15H16N2O2. The van der Waals surface area contributed by atoms with E-state index in [4.69, 9.17) is 0 Å². The third-order valence-corrected chi connectivity index (χ3v) is 3.75. The molecule has 1 unspecified atom stereocenters. The highest BCUT2D eigenvalue weighted by atomic mass is 16.4. The molecular weight excluding hydrogens is 240 g/mol. The predicted octanol–water partition coefficient (Wildman–Crippen LogP) is 2.74. The lowest BCUT2D eigenvalue weighted by molar-refractivity contribution is -0.138. The third kappa shape index (κ3) is 2.03. The molecule has 19 heavy (non-hydrogen) atoms. The summed E-state index contributed by atoms with van der Waals surface area (Å²) in [5.74, 6) is -0.791. The number of nitrogens with zero attached hydrogens (tertiary/aromatic N) is 1. The van der Waals surface area contributed by atoms with E-state index >= 15 is 0 Å². The molecule has 1 aliphatic heterocycles. The predicted molar refractivity (Wildman–Crippen MR) is 74.5 cm³/mol. The Morgan fingerprint density at radius 3 is 3.00 bits per heavy atom. The number of carboxylic acids is 1. The first-order chi connectivity index (χ1) is 9.16. The minimum absolute atomic E-state index is 0.511. The van der Waals surface area contributed by atoms with Crippen LogP contribution in [0.15, 0.2) is 24.3 Å². The Morgan fingerprint density at radius 2 is 2.21 bits per heavy atom. The quantitative estimate of drug-likeness (QED) is 0.823. The van der Waals surface area contributed by atoms with Crippen LogP contribution in [0.5, 0.6) is 0 Å². The van der Waals surface area contributed by atoms with Gasteiger partial charge in [-0.05, 0) is 37.8 Å². The van der Waals surface area contributed by atoms with E-state index in [0.717, 1.165) is 40.7 Å². The molecule has 0 fully saturated rings. The standard InChI is InChI=1S/C15H16N2O2/c1-9-10-5-2-3-6-11(10)16-12-7-4-8-13(15(18)19)17-14(9)12/h2-3,5-6,13,17H,4,7-8H2,1H3,(H,18,19). The van der Waals surface area contributed by atoms with Gasteiger partial charge in [0.1, 0.15) is 6.04 Å². The van der Waals surface area contributed by atoms with E-state index < -0.39 is 12.0 Å². The highest BCUT2D eigenvalue weighted by Crippen LogP contribution is 2.31. The average Bonchev–Trinajstić information content (AvgIpc) is 2.62. The van der Waals surface area contributed by atoms with Gasteiger partial charge in [0.25, 0.3) is 0 Å². The van der Waals surface area contributed by atoms with Crippen molar-refractivity contribution in [3.8, 4) is 0 Å². The first-order valence-corrected chi connectivity index (χ1v) is 6.54. The molecule has 0 aliphatic carbocycles. The number of rotatable bonds is 1. The molecule has 0 amide bonds. The van der Waals surface area contributed by atoms with Gasteiger partial charge in [-0.25, -0.2) is 4.79 Å². The monoisotopic (exact) mass is 256 g/mol. The van der Waals surface area contributed by atoms with Crippen LogP contribution in [0.2, 0.25) is 0 Å². The SMILES string of the molecule is Cc1c2c(nc3ccccc13)CCCC(C(=O)O)N2. The Hall–Kier alpha value is -2.10. The number of aryl methyl sites for hydroxylation is 2. The molecule has 0 bridgehead atoms. The number of hydrogen-bond donors (Lipinski definition) is 2. The summed E-state index contributed by atoms with van der Waals surface area (Å²) >= 11 is 0. The molecule has 1 aromatic carbocycles. The Morgan fingerprint density at radius 1 is 1.42 bits per heavy atom. The van der Waals surface area contributed by atoms with Gasteiger partial charge >= 0.3 is 5.97 Å². The van der Waals surface area contributed by atoms with Crippen LogP contribution in [0.4, 0.5) is 5.69 Å². The summed E-state index contributed by atoms with van der Waals surface area (Å²) in [5, 5.41) is 13.5. The summed E-state index contributed by atoms with van der Waals surface area (Å²) in [6.07, 6.45) is 2.32. The van der Waals surface area contributed by atoms with E-state index in [1.54, 1.807) is 0 Å². The van der Waals surface area contributed by atoms with Crippen LogP contribution in [-0.2, 0) is 11.2 Å². The Labute approximate surface area is 111 Å². The van der Waals surface area contributed by atoms with Gasteiger partial charge in [-0.15, -0.1) is 0 Å². The Kier molecular flexibility index (Phi) is 2.85. The van der Waals surface area contributed by atoms with Crippen molar-refractivity contribution >= 4 is 22.6 Å². The summed E-state index contributed by atoms with van der Waals surface area (Å²) in [4.78, 5) is 15.9. The van der Waals surface area contributed by atoms with Gasteiger partial charge in [-0.3, -0.25) is 4.98 Å². The van der Waals surface area contributed by atoms with Gasteiger partial charge in [0, 0.05) is 5.39 Å². The van der Waals surface area contributed by atoms with Crippen LogP contribution in [0.1, 0.15) is 24.1 Å². The van der Waals surface area contributed by atoms with Gasteiger partial charge in [-0.1, -0.05) is 18.2 Å². The zero-order valence-corrected chi connectivity index (χ0v) is 10.8. The lowest BCUT2D eigenvalue weighted by atomic mass is 10.0. The number of pyridine rings is 1. The molecule has 0 saturated heterocycles. The number of carboxylic acid groups (broad SMARTS) is 1. The average molecular weight is 256 g/mol. The lowest BCUT2D eigenvalue weighted by Crippen LogP contribution is -2.28. The normalized spacial score (nSPS) is 18.5. The van der Waals surface area contributed by atoms with E-state index in [2.05, 4.69) is 10.3 Å². The number of aromatic nitrogens is 1. The zero-order valence-electron chi connectivity index (χ0n) is 10.8. The molecule has 2 aromatic rings. The molecule has 1 aromatic heterocycles. The topological polar surface area (TPSA) is 62.2 Å². The van der Waals surface area contributed by atoms with Gasteiger partial charge in [0.05, 0.1) is 16.9 Å². The number of carbonyl (C=O) groups is 1. The fourth-order valence-corrected chi connectivity index (χ4v) is 2.72. The number of aliphatic carboxylic acids is 1. The minimum Gasteiger partial charge on any atom is -0.480 e. The maximum absolute atomic E-state index is 11.2. The first kappa shape index (κ1) is 12.0. The van der Waals surface area contributed by atoms with Crippen LogP contribution in [0, 0.1) is 6.92 Å². The Bertz CT molecular complexity index is 652. The van der Waals surface area contributed by atoms with Crippen molar-refractivity contribution in [2.24, 2.45) is 0 Å². The molecule has 4 heteroatoms. The molecule has 0 saturated carbocycles.